The summed E-state index contributed by atoms with van der Waals surface area (Å²) in [6, 6.07) is 11.2. The zero-order valence-electron chi connectivity index (χ0n) is 15.3. The predicted molar refractivity (Wildman–Crippen MR) is 104 cm³/mol. The number of carbonyl (C=O) groups excluding carboxylic acids is 1. The first kappa shape index (κ1) is 21.1. The summed E-state index contributed by atoms with van der Waals surface area (Å²) in [7, 11) is -7.58. The normalized spacial score (nSPS) is 12.1. The Balaban J connectivity index is 2.30. The summed E-state index contributed by atoms with van der Waals surface area (Å²) < 4.78 is 53.7. The molecule has 9 heteroatoms. The number of anilines is 1. The van der Waals surface area contributed by atoms with Crippen molar-refractivity contribution in [1.29, 1.82) is 0 Å². The summed E-state index contributed by atoms with van der Waals surface area (Å²) in [4.78, 5) is 11.4. The number of hydrogen-bond donors (Lipinski definition) is 1. The van der Waals surface area contributed by atoms with E-state index in [1.165, 1.54) is 47.6 Å². The lowest BCUT2D eigenvalue weighted by Gasteiger charge is -2.18. The molecular formula is C18H22N2O5S2. The molecule has 7 nitrogen and oxygen atoms in total. The molecule has 2 aromatic carbocycles. The first-order valence-electron chi connectivity index (χ1n) is 8.36. The SMILES string of the molecule is CCN(CC)S(=O)(=O)c1ccc(S(=O)(=O)Nc2cccc(C(C)=O)c2)cc1. The molecule has 0 bridgehead atoms. The molecule has 0 amide bonds. The molecule has 27 heavy (non-hydrogen) atoms. The van der Waals surface area contributed by atoms with Crippen LogP contribution < -0.4 is 4.72 Å². The summed E-state index contributed by atoms with van der Waals surface area (Å²) in [6.45, 7) is 5.51. The van der Waals surface area contributed by atoms with Gasteiger partial charge < -0.3 is 0 Å². The van der Waals surface area contributed by atoms with E-state index in [1.807, 2.05) is 0 Å². The lowest BCUT2D eigenvalue weighted by molar-refractivity contribution is 0.101. The second kappa shape index (κ2) is 8.20. The molecule has 0 spiro atoms. The molecule has 2 rings (SSSR count). The zero-order valence-corrected chi connectivity index (χ0v) is 17.0. The minimum atomic E-state index is -3.92. The van der Waals surface area contributed by atoms with Crippen LogP contribution in [0.4, 0.5) is 5.69 Å². The largest absolute Gasteiger partial charge is 0.295 e. The predicted octanol–water partition coefficient (Wildman–Crippen LogP) is 2.72. The standard InChI is InChI=1S/C18H22N2O5S2/c1-4-20(5-2)27(24,25)18-11-9-17(10-12-18)26(22,23)19-16-8-6-7-15(13-16)14(3)21/h6-13,19H,4-5H2,1-3H3. The molecule has 0 radical (unpaired) electrons. The number of hydrogen-bond acceptors (Lipinski definition) is 5. The molecule has 0 atom stereocenters. The summed E-state index contributed by atoms with van der Waals surface area (Å²) >= 11 is 0. The topological polar surface area (TPSA) is 101 Å². The number of sulfonamides is 2. The Morgan fingerprint density at radius 3 is 2.00 bits per heavy atom. The molecule has 0 aliphatic rings. The van der Waals surface area contributed by atoms with Gasteiger partial charge >= 0.3 is 0 Å². The molecule has 0 aromatic heterocycles. The summed E-state index contributed by atoms with van der Waals surface area (Å²) in [6.07, 6.45) is 0. The second-order valence-corrected chi connectivity index (χ2v) is 9.42. The third kappa shape index (κ3) is 4.74. The van der Waals surface area contributed by atoms with Crippen molar-refractivity contribution in [3.63, 3.8) is 0 Å². The minimum absolute atomic E-state index is 0.0312. The highest BCUT2D eigenvalue weighted by Gasteiger charge is 2.22. The van der Waals surface area contributed by atoms with Crippen LogP contribution in [0.2, 0.25) is 0 Å². The highest BCUT2D eigenvalue weighted by Crippen LogP contribution is 2.21. The van der Waals surface area contributed by atoms with E-state index in [9.17, 15) is 21.6 Å². The Hall–Kier alpha value is -2.23. The summed E-state index contributed by atoms with van der Waals surface area (Å²) in [5.74, 6) is -0.179. The van der Waals surface area contributed by atoms with Crippen LogP contribution in [-0.4, -0.2) is 40.0 Å². The van der Waals surface area contributed by atoms with Crippen LogP contribution in [0.3, 0.4) is 0 Å². The van der Waals surface area contributed by atoms with Crippen LogP contribution in [-0.2, 0) is 20.0 Å². The van der Waals surface area contributed by atoms with E-state index in [0.717, 1.165) is 0 Å². The smallest absolute Gasteiger partial charge is 0.261 e. The van der Waals surface area contributed by atoms with Crippen molar-refractivity contribution >= 4 is 31.5 Å². The van der Waals surface area contributed by atoms with E-state index in [-0.39, 0.29) is 21.3 Å². The number of nitrogens with zero attached hydrogens (tertiary/aromatic N) is 1. The summed E-state index contributed by atoms with van der Waals surface area (Å²) in [5, 5.41) is 0. The maximum Gasteiger partial charge on any atom is 0.261 e. The van der Waals surface area contributed by atoms with E-state index in [1.54, 1.807) is 26.0 Å². The van der Waals surface area contributed by atoms with Crippen LogP contribution in [0.1, 0.15) is 31.1 Å². The Morgan fingerprint density at radius 1 is 0.926 bits per heavy atom. The van der Waals surface area contributed by atoms with Crippen molar-refractivity contribution < 1.29 is 21.6 Å². The van der Waals surface area contributed by atoms with Gasteiger partial charge in [-0.25, -0.2) is 16.8 Å². The quantitative estimate of drug-likeness (QED) is 0.675. The Labute approximate surface area is 160 Å². The molecule has 0 saturated heterocycles. The number of nitrogens with one attached hydrogen (secondary N) is 1. The third-order valence-electron chi connectivity index (χ3n) is 4.00. The van der Waals surface area contributed by atoms with Gasteiger partial charge in [0, 0.05) is 24.3 Å². The number of carbonyl (C=O) groups is 1. The van der Waals surface area contributed by atoms with Gasteiger partial charge in [-0.1, -0.05) is 26.0 Å². The molecule has 0 aliphatic carbocycles. The van der Waals surface area contributed by atoms with Crippen molar-refractivity contribution in [2.75, 3.05) is 17.8 Å². The first-order valence-corrected chi connectivity index (χ1v) is 11.3. The first-order chi connectivity index (χ1) is 12.6. The average molecular weight is 411 g/mol. The highest BCUT2D eigenvalue weighted by molar-refractivity contribution is 7.92. The van der Waals surface area contributed by atoms with Crippen molar-refractivity contribution in [2.24, 2.45) is 0 Å². The van der Waals surface area contributed by atoms with Gasteiger partial charge in [0.2, 0.25) is 10.0 Å². The van der Waals surface area contributed by atoms with Crippen LogP contribution >= 0.6 is 0 Å². The van der Waals surface area contributed by atoms with Crippen LogP contribution in [0.25, 0.3) is 0 Å². The molecule has 2 aromatic rings. The van der Waals surface area contributed by atoms with Gasteiger partial charge in [-0.2, -0.15) is 4.31 Å². The lowest BCUT2D eigenvalue weighted by Crippen LogP contribution is -2.30. The van der Waals surface area contributed by atoms with Crippen molar-refractivity contribution in [3.05, 3.63) is 54.1 Å². The number of benzene rings is 2. The van der Waals surface area contributed by atoms with Gasteiger partial charge in [-0.15, -0.1) is 0 Å². The molecule has 0 heterocycles. The maximum atomic E-state index is 12.5. The highest BCUT2D eigenvalue weighted by atomic mass is 32.2. The van der Waals surface area contributed by atoms with Crippen molar-refractivity contribution in [1.82, 2.24) is 4.31 Å². The van der Waals surface area contributed by atoms with Crippen LogP contribution in [0, 0.1) is 0 Å². The van der Waals surface area contributed by atoms with E-state index in [2.05, 4.69) is 4.72 Å². The monoisotopic (exact) mass is 410 g/mol. The Kier molecular flexibility index (Phi) is 6.40. The number of rotatable bonds is 8. The van der Waals surface area contributed by atoms with Crippen LogP contribution in [0.15, 0.2) is 58.3 Å². The maximum absolute atomic E-state index is 12.5. The number of Topliss-reactive ketones (excluding diaryl/α,β-unsaturated/α-hetero) is 1. The molecule has 0 saturated carbocycles. The fourth-order valence-electron chi connectivity index (χ4n) is 2.52. The zero-order chi connectivity index (χ0) is 20.2. The fraction of sp³-hybridized carbons (Fsp3) is 0.278. The average Bonchev–Trinajstić information content (AvgIpc) is 2.62. The third-order valence-corrected chi connectivity index (χ3v) is 7.46. The summed E-state index contributed by atoms with van der Waals surface area (Å²) in [5.41, 5.74) is 0.637. The molecule has 146 valence electrons. The van der Waals surface area contributed by atoms with E-state index in [4.69, 9.17) is 0 Å². The van der Waals surface area contributed by atoms with Crippen molar-refractivity contribution in [2.45, 2.75) is 30.6 Å². The minimum Gasteiger partial charge on any atom is -0.295 e. The van der Waals surface area contributed by atoms with Crippen molar-refractivity contribution in [3.8, 4) is 0 Å². The van der Waals surface area contributed by atoms with E-state index >= 15 is 0 Å². The van der Waals surface area contributed by atoms with Gasteiger partial charge in [0.1, 0.15) is 0 Å². The second-order valence-electron chi connectivity index (χ2n) is 5.80. The van der Waals surface area contributed by atoms with Crippen LogP contribution in [0.5, 0.6) is 0 Å². The van der Waals surface area contributed by atoms with E-state index < -0.39 is 20.0 Å². The van der Waals surface area contributed by atoms with E-state index in [0.29, 0.717) is 18.7 Å². The fourth-order valence-corrected chi connectivity index (χ4v) is 5.03. The van der Waals surface area contributed by atoms with Gasteiger partial charge in [0.05, 0.1) is 9.79 Å². The molecule has 0 aliphatic heterocycles. The molecule has 0 fully saturated rings. The molecular weight excluding hydrogens is 388 g/mol. The van der Waals surface area contributed by atoms with Gasteiger partial charge in [0.15, 0.2) is 5.78 Å². The van der Waals surface area contributed by atoms with Gasteiger partial charge in [-0.3, -0.25) is 9.52 Å². The molecule has 0 unspecified atom stereocenters. The van der Waals surface area contributed by atoms with Gasteiger partial charge in [0.25, 0.3) is 10.0 Å². The van der Waals surface area contributed by atoms with Gasteiger partial charge in [-0.05, 0) is 43.3 Å². The Morgan fingerprint density at radius 2 is 1.48 bits per heavy atom. The molecule has 1 N–H and O–H groups in total. The Bertz CT molecular complexity index is 1030. The lowest BCUT2D eigenvalue weighted by atomic mass is 10.1. The number of ketones is 1.